The smallest absolute Gasteiger partial charge is 0.163 e. The standard InChI is InChI=1S/C15H20BrNO3/c1-18-11-4-2-3-10(7-11)17-13-9-15-14(8-12(13)16)19-5-6-20-15/h8-11,17H,2-7H2,1H3. The normalized spacial score (nSPS) is 25.3. The van der Waals surface area contributed by atoms with E-state index < -0.39 is 0 Å². The topological polar surface area (TPSA) is 39.7 Å². The Balaban J connectivity index is 1.73. The van der Waals surface area contributed by atoms with Gasteiger partial charge in [0, 0.05) is 29.8 Å². The molecule has 0 aromatic heterocycles. The predicted molar refractivity (Wildman–Crippen MR) is 81.8 cm³/mol. The third-order valence-corrected chi connectivity index (χ3v) is 4.61. The summed E-state index contributed by atoms with van der Waals surface area (Å²) in [4.78, 5) is 0. The van der Waals surface area contributed by atoms with Gasteiger partial charge in [0.05, 0.1) is 11.8 Å². The zero-order valence-electron chi connectivity index (χ0n) is 11.7. The number of ether oxygens (including phenoxy) is 3. The highest BCUT2D eigenvalue weighted by Gasteiger charge is 2.23. The minimum Gasteiger partial charge on any atom is -0.486 e. The van der Waals surface area contributed by atoms with Crippen LogP contribution in [0.5, 0.6) is 11.5 Å². The molecule has 1 heterocycles. The van der Waals surface area contributed by atoms with Crippen molar-refractivity contribution in [2.75, 3.05) is 25.6 Å². The maximum absolute atomic E-state index is 5.64. The first-order valence-electron chi connectivity index (χ1n) is 7.14. The third kappa shape index (κ3) is 3.04. The summed E-state index contributed by atoms with van der Waals surface area (Å²) in [6.07, 6.45) is 4.98. The summed E-state index contributed by atoms with van der Waals surface area (Å²) in [6, 6.07) is 4.45. The van der Waals surface area contributed by atoms with E-state index in [1.54, 1.807) is 7.11 Å². The molecule has 0 saturated heterocycles. The lowest BCUT2D eigenvalue weighted by Crippen LogP contribution is -2.31. The fraction of sp³-hybridized carbons (Fsp3) is 0.600. The van der Waals surface area contributed by atoms with Gasteiger partial charge in [-0.15, -0.1) is 0 Å². The lowest BCUT2D eigenvalue weighted by Gasteiger charge is -2.30. The van der Waals surface area contributed by atoms with Crippen molar-refractivity contribution in [1.29, 1.82) is 0 Å². The molecule has 1 aliphatic heterocycles. The van der Waals surface area contributed by atoms with Crippen molar-refractivity contribution in [2.45, 2.75) is 37.8 Å². The molecule has 2 atom stereocenters. The predicted octanol–water partition coefficient (Wildman–Crippen LogP) is 3.59. The molecule has 0 spiro atoms. The lowest BCUT2D eigenvalue weighted by atomic mass is 9.92. The highest BCUT2D eigenvalue weighted by Crippen LogP contribution is 2.39. The largest absolute Gasteiger partial charge is 0.486 e. The summed E-state index contributed by atoms with van der Waals surface area (Å²) in [7, 11) is 1.80. The third-order valence-electron chi connectivity index (χ3n) is 3.95. The average Bonchev–Trinajstić information content (AvgIpc) is 2.48. The monoisotopic (exact) mass is 341 g/mol. The molecule has 1 N–H and O–H groups in total. The Kier molecular flexibility index (Phi) is 4.36. The molecule has 0 radical (unpaired) electrons. The van der Waals surface area contributed by atoms with Crippen molar-refractivity contribution < 1.29 is 14.2 Å². The molecule has 4 nitrogen and oxygen atoms in total. The molecule has 110 valence electrons. The summed E-state index contributed by atoms with van der Waals surface area (Å²) in [5.41, 5.74) is 1.07. The average molecular weight is 342 g/mol. The molecule has 1 aromatic rings. The molecule has 1 aliphatic carbocycles. The zero-order valence-corrected chi connectivity index (χ0v) is 13.2. The van der Waals surface area contributed by atoms with Crippen molar-refractivity contribution >= 4 is 21.6 Å². The molecular weight excluding hydrogens is 322 g/mol. The highest BCUT2D eigenvalue weighted by atomic mass is 79.9. The Morgan fingerprint density at radius 2 is 1.95 bits per heavy atom. The van der Waals surface area contributed by atoms with Gasteiger partial charge in [0.15, 0.2) is 11.5 Å². The Bertz CT molecular complexity index is 480. The van der Waals surface area contributed by atoms with Gasteiger partial charge in [-0.3, -0.25) is 0 Å². The quantitative estimate of drug-likeness (QED) is 0.911. The molecule has 2 unspecified atom stereocenters. The number of anilines is 1. The van der Waals surface area contributed by atoms with Gasteiger partial charge in [-0.05, 0) is 41.6 Å². The Hall–Kier alpha value is -0.940. The molecule has 3 rings (SSSR count). The molecule has 0 amide bonds. The fourth-order valence-electron chi connectivity index (χ4n) is 2.88. The van der Waals surface area contributed by atoms with Gasteiger partial charge in [-0.1, -0.05) is 0 Å². The number of methoxy groups -OCH3 is 1. The van der Waals surface area contributed by atoms with Gasteiger partial charge in [-0.2, -0.15) is 0 Å². The first-order valence-corrected chi connectivity index (χ1v) is 7.94. The van der Waals surface area contributed by atoms with Gasteiger partial charge >= 0.3 is 0 Å². The molecule has 5 heteroatoms. The maximum Gasteiger partial charge on any atom is 0.163 e. The van der Waals surface area contributed by atoms with E-state index in [2.05, 4.69) is 21.2 Å². The van der Waals surface area contributed by atoms with E-state index in [4.69, 9.17) is 14.2 Å². The highest BCUT2D eigenvalue weighted by molar-refractivity contribution is 9.10. The molecule has 1 saturated carbocycles. The van der Waals surface area contributed by atoms with Crippen LogP contribution in [-0.4, -0.2) is 32.5 Å². The first-order chi connectivity index (χ1) is 9.76. The minimum atomic E-state index is 0.372. The Morgan fingerprint density at radius 3 is 2.70 bits per heavy atom. The van der Waals surface area contributed by atoms with Gasteiger partial charge < -0.3 is 19.5 Å². The summed E-state index contributed by atoms with van der Waals surface area (Å²) >= 11 is 3.61. The maximum atomic E-state index is 5.64. The van der Waals surface area contributed by atoms with Crippen molar-refractivity contribution in [2.24, 2.45) is 0 Å². The van der Waals surface area contributed by atoms with Crippen LogP contribution < -0.4 is 14.8 Å². The van der Waals surface area contributed by atoms with E-state index in [0.717, 1.165) is 34.5 Å². The SMILES string of the molecule is COC1CCCC(Nc2cc3c(cc2Br)OCCO3)C1. The van der Waals surface area contributed by atoms with E-state index >= 15 is 0 Å². The summed E-state index contributed by atoms with van der Waals surface area (Å²) in [5.74, 6) is 1.63. The van der Waals surface area contributed by atoms with E-state index in [9.17, 15) is 0 Å². The van der Waals surface area contributed by atoms with Crippen molar-refractivity contribution in [3.8, 4) is 11.5 Å². The number of halogens is 1. The van der Waals surface area contributed by atoms with Crippen LogP contribution in [0.3, 0.4) is 0 Å². The van der Waals surface area contributed by atoms with E-state index in [1.807, 2.05) is 12.1 Å². The van der Waals surface area contributed by atoms with Crippen LogP contribution in [0.1, 0.15) is 25.7 Å². The second-order valence-electron chi connectivity index (χ2n) is 5.34. The van der Waals surface area contributed by atoms with Crippen LogP contribution in [0.4, 0.5) is 5.69 Å². The van der Waals surface area contributed by atoms with E-state index in [0.29, 0.717) is 25.4 Å². The Labute approximate surface area is 127 Å². The van der Waals surface area contributed by atoms with Crippen LogP contribution in [0.2, 0.25) is 0 Å². The molecular formula is C15H20BrNO3. The van der Waals surface area contributed by atoms with Crippen molar-refractivity contribution in [1.82, 2.24) is 0 Å². The number of nitrogens with one attached hydrogen (secondary N) is 1. The van der Waals surface area contributed by atoms with Gasteiger partial charge in [0.1, 0.15) is 13.2 Å². The van der Waals surface area contributed by atoms with E-state index in [-0.39, 0.29) is 0 Å². The molecule has 1 fully saturated rings. The van der Waals surface area contributed by atoms with Gasteiger partial charge in [-0.25, -0.2) is 0 Å². The van der Waals surface area contributed by atoms with Crippen LogP contribution in [0, 0.1) is 0 Å². The second-order valence-corrected chi connectivity index (χ2v) is 6.20. The lowest BCUT2D eigenvalue weighted by molar-refractivity contribution is 0.0669. The summed E-state index contributed by atoms with van der Waals surface area (Å²) < 4.78 is 17.7. The van der Waals surface area contributed by atoms with Crippen molar-refractivity contribution in [3.05, 3.63) is 16.6 Å². The minimum absolute atomic E-state index is 0.372. The number of hydrogen-bond donors (Lipinski definition) is 1. The number of rotatable bonds is 3. The molecule has 20 heavy (non-hydrogen) atoms. The number of benzene rings is 1. The van der Waals surface area contributed by atoms with E-state index in [1.165, 1.54) is 12.8 Å². The first kappa shape index (κ1) is 14.0. The molecule has 2 aliphatic rings. The van der Waals surface area contributed by atoms with Gasteiger partial charge in [0.2, 0.25) is 0 Å². The molecule has 0 bridgehead atoms. The molecule has 1 aromatic carbocycles. The number of hydrogen-bond acceptors (Lipinski definition) is 4. The summed E-state index contributed by atoms with van der Waals surface area (Å²) in [6.45, 7) is 1.23. The van der Waals surface area contributed by atoms with Crippen LogP contribution in [0.15, 0.2) is 16.6 Å². The Morgan fingerprint density at radius 1 is 1.20 bits per heavy atom. The van der Waals surface area contributed by atoms with Crippen molar-refractivity contribution in [3.63, 3.8) is 0 Å². The number of fused-ring (bicyclic) bond motifs is 1. The van der Waals surface area contributed by atoms with Crippen LogP contribution in [0.25, 0.3) is 0 Å². The fourth-order valence-corrected chi connectivity index (χ4v) is 3.32. The van der Waals surface area contributed by atoms with Crippen LogP contribution in [-0.2, 0) is 4.74 Å². The zero-order chi connectivity index (χ0) is 13.9. The second kappa shape index (κ2) is 6.22. The summed E-state index contributed by atoms with van der Waals surface area (Å²) in [5, 5.41) is 3.60. The van der Waals surface area contributed by atoms with Gasteiger partial charge in [0.25, 0.3) is 0 Å². The van der Waals surface area contributed by atoms with Crippen LogP contribution >= 0.6 is 15.9 Å².